The van der Waals surface area contributed by atoms with Gasteiger partial charge in [0, 0.05) is 18.7 Å². The van der Waals surface area contributed by atoms with E-state index in [1.54, 1.807) is 6.20 Å². The third kappa shape index (κ3) is 4.18. The van der Waals surface area contributed by atoms with Crippen molar-refractivity contribution in [2.75, 3.05) is 12.3 Å². The van der Waals surface area contributed by atoms with Gasteiger partial charge in [-0.05, 0) is 56.3 Å². The Bertz CT molecular complexity index is 400. The molecule has 2 rings (SSSR count). The number of aromatic nitrogens is 1. The first-order valence-corrected chi connectivity index (χ1v) is 7.27. The number of hydrogen-bond donors (Lipinski definition) is 3. The number of nitrogen functional groups attached to an aromatic ring is 1. The van der Waals surface area contributed by atoms with Gasteiger partial charge in [0.05, 0.1) is 5.60 Å². The molecule has 4 heteroatoms. The summed E-state index contributed by atoms with van der Waals surface area (Å²) in [6, 6.07) is 4.37. The van der Waals surface area contributed by atoms with Crippen molar-refractivity contribution in [3.8, 4) is 0 Å². The van der Waals surface area contributed by atoms with Crippen molar-refractivity contribution < 1.29 is 5.11 Å². The van der Waals surface area contributed by atoms with Gasteiger partial charge in [-0.1, -0.05) is 6.92 Å². The minimum absolute atomic E-state index is 0.527. The van der Waals surface area contributed by atoms with Crippen LogP contribution in [0.1, 0.15) is 44.6 Å². The van der Waals surface area contributed by atoms with E-state index in [4.69, 9.17) is 5.73 Å². The Kier molecular flexibility index (Phi) is 4.77. The van der Waals surface area contributed by atoms with Crippen LogP contribution in [0.15, 0.2) is 18.3 Å². The van der Waals surface area contributed by atoms with Crippen LogP contribution in [-0.2, 0) is 6.42 Å². The van der Waals surface area contributed by atoms with Crippen LogP contribution in [0.3, 0.4) is 0 Å². The maximum Gasteiger partial charge on any atom is 0.123 e. The van der Waals surface area contributed by atoms with E-state index in [-0.39, 0.29) is 0 Å². The summed E-state index contributed by atoms with van der Waals surface area (Å²) < 4.78 is 0. The number of nitrogens with one attached hydrogen (secondary N) is 1. The van der Waals surface area contributed by atoms with Crippen molar-refractivity contribution in [2.24, 2.45) is 0 Å². The third-order valence-corrected chi connectivity index (χ3v) is 3.98. The van der Waals surface area contributed by atoms with E-state index >= 15 is 0 Å². The summed E-state index contributed by atoms with van der Waals surface area (Å²) in [6.45, 7) is 3.25. The molecule has 0 spiro atoms. The fourth-order valence-corrected chi connectivity index (χ4v) is 2.87. The maximum atomic E-state index is 10.7. The summed E-state index contributed by atoms with van der Waals surface area (Å²) in [5, 5.41) is 14.2. The number of nitrogens with zero attached hydrogens (tertiary/aromatic N) is 1. The fraction of sp³-hybridized carbons (Fsp3) is 0.667. The van der Waals surface area contributed by atoms with Crippen LogP contribution in [0.25, 0.3) is 0 Å². The Labute approximate surface area is 115 Å². The predicted molar refractivity (Wildman–Crippen MR) is 77.9 cm³/mol. The molecule has 106 valence electrons. The number of aliphatic hydroxyl groups is 1. The van der Waals surface area contributed by atoms with Crippen molar-refractivity contribution in [2.45, 2.75) is 57.1 Å². The highest BCUT2D eigenvalue weighted by Gasteiger charge is 2.33. The summed E-state index contributed by atoms with van der Waals surface area (Å²) in [5.74, 6) is 0.527. The standard InChI is InChI=1S/C15H25N3O/c1-2-8-17-13-3-6-15(19,7-4-13)11-12-5-9-18-14(16)10-12/h5,9-10,13,17,19H,2-4,6-8,11H2,1H3,(H2,16,18). The van der Waals surface area contributed by atoms with Crippen LogP contribution >= 0.6 is 0 Å². The molecule has 4 N–H and O–H groups in total. The Morgan fingerprint density at radius 1 is 1.47 bits per heavy atom. The minimum atomic E-state index is -0.571. The molecule has 0 aromatic carbocycles. The molecule has 1 aliphatic carbocycles. The smallest absolute Gasteiger partial charge is 0.123 e. The molecule has 4 nitrogen and oxygen atoms in total. The van der Waals surface area contributed by atoms with Gasteiger partial charge in [-0.2, -0.15) is 0 Å². The molecule has 0 atom stereocenters. The molecule has 0 aliphatic heterocycles. The number of anilines is 1. The molecule has 1 fully saturated rings. The zero-order valence-corrected chi connectivity index (χ0v) is 11.7. The largest absolute Gasteiger partial charge is 0.390 e. The van der Waals surface area contributed by atoms with Gasteiger partial charge in [-0.3, -0.25) is 0 Å². The van der Waals surface area contributed by atoms with Gasteiger partial charge < -0.3 is 16.2 Å². The number of hydrogen-bond acceptors (Lipinski definition) is 4. The summed E-state index contributed by atoms with van der Waals surface area (Å²) in [4.78, 5) is 3.99. The van der Waals surface area contributed by atoms with Gasteiger partial charge in [0.1, 0.15) is 5.82 Å². The number of rotatable bonds is 5. The van der Waals surface area contributed by atoms with Crippen LogP contribution in [0.5, 0.6) is 0 Å². The van der Waals surface area contributed by atoms with Gasteiger partial charge in [-0.15, -0.1) is 0 Å². The number of nitrogens with two attached hydrogens (primary N) is 1. The number of pyridine rings is 1. The van der Waals surface area contributed by atoms with Crippen LogP contribution < -0.4 is 11.1 Å². The normalized spacial score (nSPS) is 27.4. The summed E-state index contributed by atoms with van der Waals surface area (Å²) in [7, 11) is 0. The first-order chi connectivity index (χ1) is 9.11. The van der Waals surface area contributed by atoms with E-state index < -0.39 is 5.60 Å². The molecule has 0 unspecified atom stereocenters. The Morgan fingerprint density at radius 2 is 2.21 bits per heavy atom. The summed E-state index contributed by atoms with van der Waals surface area (Å²) in [6.07, 6.45) is 7.38. The molecule has 0 bridgehead atoms. The highest BCUT2D eigenvalue weighted by atomic mass is 16.3. The Balaban J connectivity index is 1.87. The SMILES string of the molecule is CCCNC1CCC(O)(Cc2ccnc(N)c2)CC1. The van der Waals surface area contributed by atoms with Crippen molar-refractivity contribution in [3.63, 3.8) is 0 Å². The van der Waals surface area contributed by atoms with Crippen molar-refractivity contribution in [1.82, 2.24) is 10.3 Å². The van der Waals surface area contributed by atoms with E-state index in [1.165, 1.54) is 0 Å². The van der Waals surface area contributed by atoms with Gasteiger partial charge in [0.2, 0.25) is 0 Å². The van der Waals surface area contributed by atoms with Gasteiger partial charge in [0.15, 0.2) is 0 Å². The van der Waals surface area contributed by atoms with Gasteiger partial charge in [-0.25, -0.2) is 4.98 Å². The highest BCUT2D eigenvalue weighted by Crippen LogP contribution is 2.31. The second-order valence-corrected chi connectivity index (χ2v) is 5.72. The molecule has 1 aliphatic rings. The monoisotopic (exact) mass is 263 g/mol. The fourth-order valence-electron chi connectivity index (χ4n) is 2.87. The topological polar surface area (TPSA) is 71.2 Å². The summed E-state index contributed by atoms with van der Waals surface area (Å²) >= 11 is 0. The van der Waals surface area contributed by atoms with Crippen molar-refractivity contribution in [1.29, 1.82) is 0 Å². The lowest BCUT2D eigenvalue weighted by Crippen LogP contribution is -2.42. The minimum Gasteiger partial charge on any atom is -0.390 e. The van der Waals surface area contributed by atoms with Crippen molar-refractivity contribution in [3.05, 3.63) is 23.9 Å². The van der Waals surface area contributed by atoms with Crippen molar-refractivity contribution >= 4 is 5.82 Å². The lowest BCUT2D eigenvalue weighted by Gasteiger charge is -2.36. The van der Waals surface area contributed by atoms with E-state index in [2.05, 4.69) is 17.2 Å². The molecule has 0 amide bonds. The maximum absolute atomic E-state index is 10.7. The second-order valence-electron chi connectivity index (χ2n) is 5.72. The average Bonchev–Trinajstić information content (AvgIpc) is 2.38. The Hall–Kier alpha value is -1.13. The molecule has 1 aromatic heterocycles. The zero-order chi connectivity index (χ0) is 13.7. The molecule has 1 aromatic rings. The van der Waals surface area contributed by atoms with E-state index in [0.29, 0.717) is 18.3 Å². The highest BCUT2D eigenvalue weighted by molar-refractivity contribution is 5.32. The lowest BCUT2D eigenvalue weighted by molar-refractivity contribution is -0.00306. The molecule has 0 saturated heterocycles. The van der Waals surface area contributed by atoms with Crippen LogP contribution in [0, 0.1) is 0 Å². The van der Waals surface area contributed by atoms with E-state index in [1.807, 2.05) is 12.1 Å². The molecule has 1 saturated carbocycles. The van der Waals surface area contributed by atoms with E-state index in [0.717, 1.165) is 44.2 Å². The molecular formula is C15H25N3O. The first-order valence-electron chi connectivity index (χ1n) is 7.27. The second kappa shape index (κ2) is 6.35. The predicted octanol–water partition coefficient (Wildman–Crippen LogP) is 1.88. The van der Waals surface area contributed by atoms with Crippen LogP contribution in [0.4, 0.5) is 5.82 Å². The van der Waals surface area contributed by atoms with E-state index in [9.17, 15) is 5.11 Å². The van der Waals surface area contributed by atoms with Crippen LogP contribution in [-0.4, -0.2) is 28.3 Å². The molecular weight excluding hydrogens is 238 g/mol. The first kappa shape index (κ1) is 14.3. The quantitative estimate of drug-likeness (QED) is 0.758. The molecule has 0 radical (unpaired) electrons. The summed E-state index contributed by atoms with van der Waals surface area (Å²) in [5.41, 5.74) is 6.19. The zero-order valence-electron chi connectivity index (χ0n) is 11.7. The molecule has 19 heavy (non-hydrogen) atoms. The van der Waals surface area contributed by atoms with Crippen LogP contribution in [0.2, 0.25) is 0 Å². The third-order valence-electron chi connectivity index (χ3n) is 3.98. The molecule has 1 heterocycles. The van der Waals surface area contributed by atoms with Gasteiger partial charge >= 0.3 is 0 Å². The Morgan fingerprint density at radius 3 is 2.84 bits per heavy atom. The average molecular weight is 263 g/mol. The lowest BCUT2D eigenvalue weighted by atomic mass is 9.78. The van der Waals surface area contributed by atoms with Gasteiger partial charge in [0.25, 0.3) is 0 Å².